The van der Waals surface area contributed by atoms with Crippen molar-refractivity contribution >= 4 is 27.8 Å². The number of nitrogens with zero attached hydrogens (tertiary/aromatic N) is 1. The second kappa shape index (κ2) is 12.1. The van der Waals surface area contributed by atoms with Crippen molar-refractivity contribution in [2.75, 3.05) is 4.90 Å². The van der Waals surface area contributed by atoms with Crippen LogP contribution in [0.4, 0.5) is 17.1 Å². The predicted octanol–water partition coefficient (Wildman–Crippen LogP) is 13.6. The standard InChI is InChI=1S/C49H37N/c1-49(2)45-24-14-23-41(38-17-8-4-9-18-38)47(45)44-33-46(42-21-12-13-22-43(42)48(44)49)50(39-19-10-5-11-20-39)40-31-29-37(30-32-40)36-27-25-35(26-28-36)34-15-6-3-7-16-34/h3-33H,1-2H3. The Labute approximate surface area is 294 Å². The minimum Gasteiger partial charge on any atom is -0.310 e. The Morgan fingerprint density at radius 3 is 1.48 bits per heavy atom. The van der Waals surface area contributed by atoms with E-state index in [4.69, 9.17) is 0 Å². The van der Waals surface area contributed by atoms with Crippen LogP contribution in [0.15, 0.2) is 188 Å². The van der Waals surface area contributed by atoms with E-state index in [9.17, 15) is 0 Å². The van der Waals surface area contributed by atoms with Gasteiger partial charge in [0, 0.05) is 22.2 Å². The van der Waals surface area contributed by atoms with Gasteiger partial charge in [-0.15, -0.1) is 0 Å². The van der Waals surface area contributed by atoms with Gasteiger partial charge in [-0.05, 0) is 91.4 Å². The third kappa shape index (κ3) is 4.94. The first kappa shape index (κ1) is 29.9. The fourth-order valence-corrected chi connectivity index (χ4v) is 8.06. The highest BCUT2D eigenvalue weighted by molar-refractivity contribution is 6.09. The van der Waals surface area contributed by atoms with Crippen molar-refractivity contribution in [1.29, 1.82) is 0 Å². The van der Waals surface area contributed by atoms with E-state index < -0.39 is 0 Å². The maximum atomic E-state index is 2.46. The minimum atomic E-state index is -0.150. The predicted molar refractivity (Wildman–Crippen MR) is 213 cm³/mol. The van der Waals surface area contributed by atoms with Gasteiger partial charge in [-0.25, -0.2) is 0 Å². The molecule has 1 aliphatic carbocycles. The molecule has 0 fully saturated rings. The van der Waals surface area contributed by atoms with Gasteiger partial charge in [-0.1, -0.05) is 172 Å². The molecule has 9 rings (SSSR count). The molecular weight excluding hydrogens is 603 g/mol. The van der Waals surface area contributed by atoms with Crippen LogP contribution in [0.3, 0.4) is 0 Å². The van der Waals surface area contributed by atoms with E-state index >= 15 is 0 Å². The number of benzene rings is 8. The Morgan fingerprint density at radius 1 is 0.380 bits per heavy atom. The first-order valence-electron chi connectivity index (χ1n) is 17.4. The summed E-state index contributed by atoms with van der Waals surface area (Å²) in [5.41, 5.74) is 16.1. The molecule has 8 aromatic carbocycles. The van der Waals surface area contributed by atoms with E-state index in [1.54, 1.807) is 0 Å². The molecule has 1 nitrogen and oxygen atoms in total. The molecule has 0 bridgehead atoms. The fraction of sp³-hybridized carbons (Fsp3) is 0.0612. The van der Waals surface area contributed by atoms with Gasteiger partial charge >= 0.3 is 0 Å². The lowest BCUT2D eigenvalue weighted by Gasteiger charge is -2.29. The van der Waals surface area contributed by atoms with Crippen molar-refractivity contribution in [1.82, 2.24) is 0 Å². The van der Waals surface area contributed by atoms with Gasteiger partial charge in [-0.3, -0.25) is 0 Å². The molecule has 0 aromatic heterocycles. The number of fused-ring (bicyclic) bond motifs is 5. The summed E-state index contributed by atoms with van der Waals surface area (Å²) in [6.45, 7) is 4.78. The molecule has 1 heteroatoms. The second-order valence-corrected chi connectivity index (χ2v) is 13.7. The van der Waals surface area contributed by atoms with E-state index in [2.05, 4.69) is 207 Å². The van der Waals surface area contributed by atoms with Crippen LogP contribution in [0.25, 0.3) is 55.3 Å². The monoisotopic (exact) mass is 639 g/mol. The third-order valence-corrected chi connectivity index (χ3v) is 10.4. The van der Waals surface area contributed by atoms with E-state index in [0.29, 0.717) is 0 Å². The summed E-state index contributed by atoms with van der Waals surface area (Å²) in [5.74, 6) is 0. The molecule has 238 valence electrons. The van der Waals surface area contributed by atoms with E-state index in [-0.39, 0.29) is 5.41 Å². The molecule has 0 saturated heterocycles. The van der Waals surface area contributed by atoms with E-state index in [1.165, 1.54) is 72.1 Å². The normalized spacial score (nSPS) is 12.8. The van der Waals surface area contributed by atoms with Gasteiger partial charge < -0.3 is 4.90 Å². The maximum absolute atomic E-state index is 2.46. The topological polar surface area (TPSA) is 3.24 Å². The number of rotatable bonds is 6. The zero-order valence-electron chi connectivity index (χ0n) is 28.3. The first-order valence-corrected chi connectivity index (χ1v) is 17.4. The molecule has 0 saturated carbocycles. The van der Waals surface area contributed by atoms with Crippen LogP contribution in [0.1, 0.15) is 25.0 Å². The molecule has 0 radical (unpaired) electrons. The molecule has 1 aliphatic rings. The number of anilines is 3. The first-order chi connectivity index (χ1) is 24.6. The van der Waals surface area contributed by atoms with Crippen molar-refractivity contribution in [3.63, 3.8) is 0 Å². The lowest BCUT2D eigenvalue weighted by atomic mass is 9.79. The van der Waals surface area contributed by atoms with Crippen LogP contribution < -0.4 is 4.90 Å². The average Bonchev–Trinajstić information content (AvgIpc) is 3.42. The fourth-order valence-electron chi connectivity index (χ4n) is 8.06. The van der Waals surface area contributed by atoms with Gasteiger partial charge in [0.05, 0.1) is 5.69 Å². The molecule has 0 spiro atoms. The van der Waals surface area contributed by atoms with Crippen LogP contribution in [-0.2, 0) is 5.41 Å². The van der Waals surface area contributed by atoms with Crippen molar-refractivity contribution in [3.05, 3.63) is 199 Å². The lowest BCUT2D eigenvalue weighted by Crippen LogP contribution is -2.16. The van der Waals surface area contributed by atoms with Gasteiger partial charge in [0.15, 0.2) is 0 Å². The largest absolute Gasteiger partial charge is 0.310 e. The molecule has 0 heterocycles. The summed E-state index contributed by atoms with van der Waals surface area (Å²) in [6, 6.07) is 68.4. The second-order valence-electron chi connectivity index (χ2n) is 13.7. The van der Waals surface area contributed by atoms with E-state index in [1.807, 2.05) is 0 Å². The molecular formula is C49H37N. The number of hydrogen-bond donors (Lipinski definition) is 0. The summed E-state index contributed by atoms with van der Waals surface area (Å²) in [4.78, 5) is 2.43. The molecule has 0 atom stereocenters. The van der Waals surface area contributed by atoms with Crippen molar-refractivity contribution < 1.29 is 0 Å². The van der Waals surface area contributed by atoms with Crippen LogP contribution in [0.2, 0.25) is 0 Å². The summed E-state index contributed by atoms with van der Waals surface area (Å²) in [6.07, 6.45) is 0. The Hall–Kier alpha value is -6.18. The Balaban J connectivity index is 1.21. The molecule has 0 aliphatic heterocycles. The minimum absolute atomic E-state index is 0.150. The van der Waals surface area contributed by atoms with Crippen molar-refractivity contribution in [2.24, 2.45) is 0 Å². The van der Waals surface area contributed by atoms with Crippen LogP contribution in [0.5, 0.6) is 0 Å². The summed E-state index contributed by atoms with van der Waals surface area (Å²) in [7, 11) is 0. The highest BCUT2D eigenvalue weighted by atomic mass is 15.1. The molecule has 8 aromatic rings. The SMILES string of the molecule is CC1(C)c2cccc(-c3ccccc3)c2-c2cc(N(c3ccccc3)c3ccc(-c4ccc(-c5ccccc5)cc4)cc3)c3ccccc3c21. The maximum Gasteiger partial charge on any atom is 0.0546 e. The summed E-state index contributed by atoms with van der Waals surface area (Å²) in [5, 5.41) is 2.55. The Morgan fingerprint density at radius 2 is 0.860 bits per heavy atom. The van der Waals surface area contributed by atoms with Crippen LogP contribution in [0, 0.1) is 0 Å². The van der Waals surface area contributed by atoms with Crippen LogP contribution >= 0.6 is 0 Å². The quantitative estimate of drug-likeness (QED) is 0.175. The number of para-hydroxylation sites is 1. The van der Waals surface area contributed by atoms with Crippen molar-refractivity contribution in [2.45, 2.75) is 19.3 Å². The van der Waals surface area contributed by atoms with Gasteiger partial charge in [0.25, 0.3) is 0 Å². The third-order valence-electron chi connectivity index (χ3n) is 10.4. The van der Waals surface area contributed by atoms with Gasteiger partial charge in [0.1, 0.15) is 0 Å². The summed E-state index contributed by atoms with van der Waals surface area (Å²) >= 11 is 0. The van der Waals surface area contributed by atoms with Gasteiger partial charge in [0.2, 0.25) is 0 Å². The lowest BCUT2D eigenvalue weighted by molar-refractivity contribution is 0.666. The molecule has 0 N–H and O–H groups in total. The number of hydrogen-bond acceptors (Lipinski definition) is 1. The highest BCUT2D eigenvalue weighted by Gasteiger charge is 2.39. The molecule has 0 amide bonds. The highest BCUT2D eigenvalue weighted by Crippen LogP contribution is 2.56. The summed E-state index contributed by atoms with van der Waals surface area (Å²) < 4.78 is 0. The van der Waals surface area contributed by atoms with Crippen LogP contribution in [-0.4, -0.2) is 0 Å². The Kier molecular flexibility index (Phi) is 7.21. The van der Waals surface area contributed by atoms with Crippen molar-refractivity contribution in [3.8, 4) is 44.5 Å². The smallest absolute Gasteiger partial charge is 0.0546 e. The zero-order chi connectivity index (χ0) is 33.7. The van der Waals surface area contributed by atoms with E-state index in [0.717, 1.165) is 11.4 Å². The van der Waals surface area contributed by atoms with Gasteiger partial charge in [-0.2, -0.15) is 0 Å². The average molecular weight is 640 g/mol. The molecule has 0 unspecified atom stereocenters. The zero-order valence-corrected chi connectivity index (χ0v) is 28.3. The Bertz CT molecular complexity index is 2460. The molecule has 50 heavy (non-hydrogen) atoms.